The van der Waals surface area contributed by atoms with Crippen molar-refractivity contribution < 1.29 is 13.9 Å². The van der Waals surface area contributed by atoms with Gasteiger partial charge in [0.05, 0.1) is 12.7 Å². The Bertz CT molecular complexity index is 1250. The monoisotopic (exact) mass is 401 g/mol. The zero-order chi connectivity index (χ0) is 20.9. The fraction of sp³-hybridized carbons (Fsp3) is 0.0870. The number of amides is 1. The van der Waals surface area contributed by atoms with E-state index in [0.717, 1.165) is 5.56 Å². The van der Waals surface area contributed by atoms with Crippen LogP contribution in [-0.4, -0.2) is 18.0 Å². The van der Waals surface area contributed by atoms with Gasteiger partial charge in [-0.1, -0.05) is 12.1 Å². The quantitative estimate of drug-likeness (QED) is 0.473. The number of hydrogen-bond donors (Lipinski definition) is 2. The number of anilines is 2. The summed E-state index contributed by atoms with van der Waals surface area (Å²) >= 11 is 0. The predicted molar refractivity (Wildman–Crippen MR) is 115 cm³/mol. The van der Waals surface area contributed by atoms with Crippen LogP contribution in [0.1, 0.15) is 15.9 Å². The Morgan fingerprint density at radius 3 is 2.63 bits per heavy atom. The molecule has 0 aliphatic rings. The minimum absolute atomic E-state index is 0.0709. The molecule has 0 aliphatic heterocycles. The number of carbonyl (C=O) groups is 1. The van der Waals surface area contributed by atoms with Gasteiger partial charge in [-0.3, -0.25) is 9.78 Å². The van der Waals surface area contributed by atoms with E-state index in [1.165, 1.54) is 7.11 Å². The van der Waals surface area contributed by atoms with Crippen LogP contribution in [-0.2, 0) is 6.54 Å². The zero-order valence-corrected chi connectivity index (χ0v) is 16.2. The van der Waals surface area contributed by atoms with Crippen molar-refractivity contribution in [3.63, 3.8) is 0 Å². The average Bonchev–Trinajstić information content (AvgIpc) is 2.78. The van der Waals surface area contributed by atoms with Crippen LogP contribution in [0.15, 0.2) is 82.3 Å². The first-order chi connectivity index (χ1) is 14.6. The number of para-hydroxylation sites is 1. The second-order valence-electron chi connectivity index (χ2n) is 6.56. The summed E-state index contributed by atoms with van der Waals surface area (Å²) in [5, 5.41) is 6.58. The fourth-order valence-electron chi connectivity index (χ4n) is 3.03. The molecule has 7 heteroatoms. The van der Waals surface area contributed by atoms with Crippen LogP contribution in [0, 0.1) is 0 Å². The van der Waals surface area contributed by atoms with Crippen molar-refractivity contribution in [3.05, 3.63) is 94.6 Å². The van der Waals surface area contributed by atoms with Crippen LogP contribution >= 0.6 is 0 Å². The highest BCUT2D eigenvalue weighted by atomic mass is 16.5. The number of methoxy groups -OCH3 is 1. The molecule has 7 nitrogen and oxygen atoms in total. The van der Waals surface area contributed by atoms with Crippen molar-refractivity contribution >= 4 is 28.3 Å². The first-order valence-corrected chi connectivity index (χ1v) is 9.29. The largest absolute Gasteiger partial charge is 0.497 e. The number of carbonyl (C=O) groups excluding carboxylic acids is 1. The molecule has 0 bridgehead atoms. The molecule has 0 atom stereocenters. The van der Waals surface area contributed by atoms with Gasteiger partial charge in [-0.25, -0.2) is 4.79 Å². The third-order valence-corrected chi connectivity index (χ3v) is 4.60. The highest BCUT2D eigenvalue weighted by Crippen LogP contribution is 2.22. The first-order valence-electron chi connectivity index (χ1n) is 9.29. The van der Waals surface area contributed by atoms with E-state index in [9.17, 15) is 9.59 Å². The van der Waals surface area contributed by atoms with Crippen molar-refractivity contribution in [1.29, 1.82) is 0 Å². The molecule has 0 aliphatic carbocycles. The molecule has 0 fully saturated rings. The summed E-state index contributed by atoms with van der Waals surface area (Å²) in [6.07, 6.45) is 3.43. The van der Waals surface area contributed by atoms with Crippen molar-refractivity contribution in [2.24, 2.45) is 0 Å². The number of benzene rings is 2. The van der Waals surface area contributed by atoms with Gasteiger partial charge in [0.15, 0.2) is 0 Å². The van der Waals surface area contributed by atoms with Crippen molar-refractivity contribution in [2.45, 2.75) is 6.54 Å². The summed E-state index contributed by atoms with van der Waals surface area (Å²) in [5.41, 5.74) is 1.93. The number of nitrogens with zero attached hydrogens (tertiary/aromatic N) is 1. The number of fused-ring (bicyclic) bond motifs is 1. The Morgan fingerprint density at radius 2 is 1.83 bits per heavy atom. The van der Waals surface area contributed by atoms with E-state index in [-0.39, 0.29) is 5.69 Å². The average molecular weight is 401 g/mol. The smallest absolute Gasteiger partial charge is 0.360 e. The third-order valence-electron chi connectivity index (χ3n) is 4.60. The number of ether oxygens (including phenoxy) is 1. The van der Waals surface area contributed by atoms with Gasteiger partial charge >= 0.3 is 5.63 Å². The summed E-state index contributed by atoms with van der Waals surface area (Å²) < 4.78 is 10.5. The highest BCUT2D eigenvalue weighted by Gasteiger charge is 2.14. The second kappa shape index (κ2) is 8.48. The van der Waals surface area contributed by atoms with Gasteiger partial charge in [-0.2, -0.15) is 0 Å². The lowest BCUT2D eigenvalue weighted by molar-refractivity contribution is 0.102. The van der Waals surface area contributed by atoms with Crippen molar-refractivity contribution in [1.82, 2.24) is 4.98 Å². The Morgan fingerprint density at radius 1 is 1.03 bits per heavy atom. The fourth-order valence-corrected chi connectivity index (χ4v) is 3.03. The molecule has 4 aromatic rings. The van der Waals surface area contributed by atoms with E-state index in [4.69, 9.17) is 9.15 Å². The lowest BCUT2D eigenvalue weighted by Crippen LogP contribution is -2.19. The Hall–Kier alpha value is -4.13. The Balaban J connectivity index is 1.57. The number of nitrogens with one attached hydrogen (secondary N) is 2. The van der Waals surface area contributed by atoms with Crippen LogP contribution in [0.3, 0.4) is 0 Å². The second-order valence-corrected chi connectivity index (χ2v) is 6.56. The van der Waals surface area contributed by atoms with E-state index in [1.54, 1.807) is 48.8 Å². The van der Waals surface area contributed by atoms with E-state index < -0.39 is 11.5 Å². The van der Waals surface area contributed by atoms with E-state index in [0.29, 0.717) is 34.5 Å². The minimum Gasteiger partial charge on any atom is -0.497 e. The zero-order valence-electron chi connectivity index (χ0n) is 16.2. The van der Waals surface area contributed by atoms with Gasteiger partial charge in [0, 0.05) is 36.1 Å². The van der Waals surface area contributed by atoms with Gasteiger partial charge in [0.25, 0.3) is 5.91 Å². The summed E-state index contributed by atoms with van der Waals surface area (Å²) in [7, 11) is 1.54. The summed E-state index contributed by atoms with van der Waals surface area (Å²) in [4.78, 5) is 29.2. The van der Waals surface area contributed by atoms with Gasteiger partial charge in [-0.05, 0) is 48.0 Å². The van der Waals surface area contributed by atoms with Gasteiger partial charge in [0.2, 0.25) is 0 Å². The molecule has 2 aromatic carbocycles. The molecule has 2 aromatic heterocycles. The molecule has 2 heterocycles. The van der Waals surface area contributed by atoms with Crippen molar-refractivity contribution in [3.8, 4) is 5.75 Å². The number of pyridine rings is 1. The van der Waals surface area contributed by atoms with E-state index in [1.807, 2.05) is 24.3 Å². The van der Waals surface area contributed by atoms with E-state index >= 15 is 0 Å². The molecule has 150 valence electrons. The van der Waals surface area contributed by atoms with Crippen molar-refractivity contribution in [2.75, 3.05) is 17.7 Å². The molecule has 1 amide bonds. The molecule has 30 heavy (non-hydrogen) atoms. The maximum atomic E-state index is 12.9. The van der Waals surface area contributed by atoms with Crippen LogP contribution in [0.25, 0.3) is 11.0 Å². The van der Waals surface area contributed by atoms with Gasteiger partial charge < -0.3 is 19.8 Å². The van der Waals surface area contributed by atoms with E-state index in [2.05, 4.69) is 15.6 Å². The normalized spacial score (nSPS) is 10.6. The highest BCUT2D eigenvalue weighted by molar-refractivity contribution is 6.08. The topological polar surface area (TPSA) is 93.5 Å². The summed E-state index contributed by atoms with van der Waals surface area (Å²) in [6, 6.07) is 17.6. The molecule has 0 radical (unpaired) electrons. The standard InChI is InChI=1S/C23H19N3O4/c1-29-17-7-6-16-12-20(23(28)30-21(16)13-17)26-22(27)18-4-2-3-5-19(18)25-14-15-8-10-24-11-9-15/h2-13,25H,14H2,1H3,(H,26,27). The molecule has 0 saturated carbocycles. The lowest BCUT2D eigenvalue weighted by Gasteiger charge is -2.12. The lowest BCUT2D eigenvalue weighted by atomic mass is 10.1. The maximum absolute atomic E-state index is 12.9. The van der Waals surface area contributed by atoms with Crippen LogP contribution < -0.4 is 21.0 Å². The van der Waals surface area contributed by atoms with Gasteiger partial charge in [0.1, 0.15) is 17.0 Å². The molecular formula is C23H19N3O4. The van der Waals surface area contributed by atoms with Crippen LogP contribution in [0.2, 0.25) is 0 Å². The molecule has 0 spiro atoms. The maximum Gasteiger partial charge on any atom is 0.360 e. The summed E-state index contributed by atoms with van der Waals surface area (Å²) in [5.74, 6) is 0.171. The number of hydrogen-bond acceptors (Lipinski definition) is 6. The minimum atomic E-state index is -0.633. The molecule has 4 rings (SSSR count). The summed E-state index contributed by atoms with van der Waals surface area (Å²) in [6.45, 7) is 0.534. The number of aromatic nitrogens is 1. The predicted octanol–water partition coefficient (Wildman–Crippen LogP) is 4.06. The third kappa shape index (κ3) is 4.15. The number of rotatable bonds is 6. The Kier molecular flexibility index (Phi) is 5.43. The van der Waals surface area contributed by atoms with Gasteiger partial charge in [-0.15, -0.1) is 0 Å². The molecule has 0 saturated heterocycles. The first kappa shape index (κ1) is 19.2. The molecule has 2 N–H and O–H groups in total. The van der Waals surface area contributed by atoms with Crippen LogP contribution in [0.5, 0.6) is 5.75 Å². The Labute approximate surface area is 172 Å². The molecular weight excluding hydrogens is 382 g/mol. The SMILES string of the molecule is COc1ccc2cc(NC(=O)c3ccccc3NCc3ccncc3)c(=O)oc2c1. The van der Waals surface area contributed by atoms with Crippen LogP contribution in [0.4, 0.5) is 11.4 Å². The molecule has 0 unspecified atom stereocenters.